The average molecular weight is 324 g/mol. The molecule has 1 heterocycles. The van der Waals surface area contributed by atoms with Gasteiger partial charge in [0.15, 0.2) is 0 Å². The van der Waals surface area contributed by atoms with Crippen LogP contribution in [0.4, 0.5) is 0 Å². The van der Waals surface area contributed by atoms with Crippen molar-refractivity contribution in [2.24, 2.45) is 11.8 Å². The van der Waals surface area contributed by atoms with Crippen molar-refractivity contribution in [1.29, 1.82) is 0 Å². The summed E-state index contributed by atoms with van der Waals surface area (Å²) in [6.07, 6.45) is 10.6. The molecule has 2 heteroatoms. The predicted octanol–water partition coefficient (Wildman–Crippen LogP) is 5.54. The van der Waals surface area contributed by atoms with Gasteiger partial charge in [0, 0.05) is 6.42 Å². The van der Waals surface area contributed by atoms with E-state index < -0.39 is 0 Å². The van der Waals surface area contributed by atoms with Crippen LogP contribution >= 0.6 is 0 Å². The van der Waals surface area contributed by atoms with Crippen LogP contribution in [0.1, 0.15) is 55.9 Å². The van der Waals surface area contributed by atoms with Gasteiger partial charge in [-0.1, -0.05) is 19.4 Å². The summed E-state index contributed by atoms with van der Waals surface area (Å²) in [6.45, 7) is 2.50. The largest absolute Gasteiger partial charge is 0.497 e. The van der Waals surface area contributed by atoms with Crippen molar-refractivity contribution >= 4 is 0 Å². The maximum atomic E-state index is 5.55. The van der Waals surface area contributed by atoms with Crippen LogP contribution in [0.25, 0.3) is 0 Å². The van der Waals surface area contributed by atoms with Gasteiger partial charge in [0.1, 0.15) is 11.5 Å². The maximum absolute atomic E-state index is 5.55. The quantitative estimate of drug-likeness (QED) is 0.720. The lowest BCUT2D eigenvalue weighted by molar-refractivity contribution is 0.0980. The third-order valence-corrected chi connectivity index (χ3v) is 6.74. The smallest absolute Gasteiger partial charge is 0.119 e. The van der Waals surface area contributed by atoms with Crippen LogP contribution in [-0.4, -0.2) is 7.11 Å². The van der Waals surface area contributed by atoms with Gasteiger partial charge in [-0.15, -0.1) is 0 Å². The van der Waals surface area contributed by atoms with E-state index in [2.05, 4.69) is 31.2 Å². The molecular formula is C22H28O2. The van der Waals surface area contributed by atoms with Gasteiger partial charge < -0.3 is 9.15 Å². The molecule has 0 amide bonds. The van der Waals surface area contributed by atoms with E-state index in [0.717, 1.165) is 29.8 Å². The molecule has 2 aromatic rings. The zero-order valence-corrected chi connectivity index (χ0v) is 14.9. The van der Waals surface area contributed by atoms with Crippen LogP contribution in [0.15, 0.2) is 41.0 Å². The van der Waals surface area contributed by atoms with Gasteiger partial charge >= 0.3 is 0 Å². The number of ether oxygens (including phenoxy) is 1. The minimum atomic E-state index is 0.331. The highest BCUT2D eigenvalue weighted by Gasteiger charge is 2.48. The minimum Gasteiger partial charge on any atom is -0.497 e. The first kappa shape index (κ1) is 15.8. The molecule has 4 rings (SSSR count). The highest BCUT2D eigenvalue weighted by molar-refractivity contribution is 5.44. The normalized spacial score (nSPS) is 28.4. The first-order valence-electron chi connectivity index (χ1n) is 9.43. The van der Waals surface area contributed by atoms with Crippen molar-refractivity contribution in [1.82, 2.24) is 0 Å². The Hall–Kier alpha value is -1.70. The first-order valence-corrected chi connectivity index (χ1v) is 9.43. The van der Waals surface area contributed by atoms with Crippen molar-refractivity contribution in [3.8, 4) is 5.75 Å². The van der Waals surface area contributed by atoms with E-state index in [0.29, 0.717) is 5.41 Å². The summed E-state index contributed by atoms with van der Waals surface area (Å²) in [7, 11) is 1.78. The average Bonchev–Trinajstić information content (AvgIpc) is 3.10. The Morgan fingerprint density at radius 1 is 1.29 bits per heavy atom. The fraction of sp³-hybridized carbons (Fsp3) is 0.545. The number of aryl methyl sites for hydroxylation is 1. The fourth-order valence-corrected chi connectivity index (χ4v) is 5.39. The van der Waals surface area contributed by atoms with E-state index in [-0.39, 0.29) is 0 Å². The molecular weight excluding hydrogens is 296 g/mol. The summed E-state index contributed by atoms with van der Waals surface area (Å²) in [5.74, 6) is 3.74. The van der Waals surface area contributed by atoms with Gasteiger partial charge in [-0.25, -0.2) is 0 Å². The summed E-state index contributed by atoms with van der Waals surface area (Å²) >= 11 is 0. The highest BCUT2D eigenvalue weighted by atomic mass is 16.5. The number of furan rings is 1. The van der Waals surface area contributed by atoms with Gasteiger partial charge in [-0.3, -0.25) is 0 Å². The molecule has 0 N–H and O–H groups in total. The first-order chi connectivity index (χ1) is 11.7. The van der Waals surface area contributed by atoms with Crippen LogP contribution in [0.2, 0.25) is 0 Å². The number of fused-ring (bicyclic) bond motifs is 4. The molecule has 0 saturated heterocycles. The molecule has 2 bridgehead atoms. The summed E-state index contributed by atoms with van der Waals surface area (Å²) in [5.41, 5.74) is 3.47. The second-order valence-corrected chi connectivity index (χ2v) is 7.76. The van der Waals surface area contributed by atoms with Crippen LogP contribution in [0.3, 0.4) is 0 Å². The SMILES string of the molecule is COc1ccc2c(c1)[C@@]1(CCCc3ccco3)CCCC(C2)[C@@H]1C. The third-order valence-electron chi connectivity index (χ3n) is 6.74. The Kier molecular flexibility index (Phi) is 4.15. The molecule has 128 valence electrons. The third kappa shape index (κ3) is 2.56. The lowest BCUT2D eigenvalue weighted by atomic mass is 9.52. The van der Waals surface area contributed by atoms with Gasteiger partial charge in [0.05, 0.1) is 13.4 Å². The van der Waals surface area contributed by atoms with E-state index in [1.54, 1.807) is 24.5 Å². The molecule has 0 spiro atoms. The molecule has 1 aromatic carbocycles. The van der Waals surface area contributed by atoms with Crippen LogP contribution in [0, 0.1) is 11.8 Å². The zero-order valence-electron chi connectivity index (χ0n) is 14.9. The minimum absolute atomic E-state index is 0.331. The van der Waals surface area contributed by atoms with E-state index in [1.165, 1.54) is 38.5 Å². The summed E-state index contributed by atoms with van der Waals surface area (Å²) in [6, 6.07) is 10.9. The van der Waals surface area contributed by atoms with Crippen LogP contribution in [-0.2, 0) is 18.3 Å². The topological polar surface area (TPSA) is 22.4 Å². The number of methoxy groups -OCH3 is 1. The number of benzene rings is 1. The molecule has 0 radical (unpaired) electrons. The zero-order chi connectivity index (χ0) is 16.6. The molecule has 1 aromatic heterocycles. The molecule has 3 atom stereocenters. The van der Waals surface area contributed by atoms with Crippen LogP contribution < -0.4 is 4.74 Å². The molecule has 0 aliphatic heterocycles. The Bertz CT molecular complexity index is 688. The van der Waals surface area contributed by atoms with Crippen molar-refractivity contribution < 1.29 is 9.15 Å². The van der Waals surface area contributed by atoms with Crippen LogP contribution in [0.5, 0.6) is 5.75 Å². The Morgan fingerprint density at radius 3 is 3.00 bits per heavy atom. The van der Waals surface area contributed by atoms with Gasteiger partial charge in [-0.2, -0.15) is 0 Å². The van der Waals surface area contributed by atoms with Gasteiger partial charge in [-0.05, 0) is 84.7 Å². The van der Waals surface area contributed by atoms with Crippen molar-refractivity contribution in [3.05, 3.63) is 53.5 Å². The summed E-state index contributed by atoms with van der Waals surface area (Å²) in [4.78, 5) is 0. The second-order valence-electron chi connectivity index (χ2n) is 7.76. The van der Waals surface area contributed by atoms with Crippen molar-refractivity contribution in [2.45, 2.75) is 57.3 Å². The highest BCUT2D eigenvalue weighted by Crippen LogP contribution is 2.55. The molecule has 1 fully saturated rings. The van der Waals surface area contributed by atoms with Gasteiger partial charge in [0.2, 0.25) is 0 Å². The number of hydrogen-bond acceptors (Lipinski definition) is 2. The Balaban J connectivity index is 1.65. The van der Waals surface area contributed by atoms with E-state index in [1.807, 2.05) is 6.07 Å². The molecule has 1 saturated carbocycles. The number of rotatable bonds is 5. The van der Waals surface area contributed by atoms with E-state index in [9.17, 15) is 0 Å². The molecule has 2 aliphatic carbocycles. The summed E-state index contributed by atoms with van der Waals surface area (Å²) in [5, 5.41) is 0. The predicted molar refractivity (Wildman–Crippen MR) is 96.5 cm³/mol. The Morgan fingerprint density at radius 2 is 2.21 bits per heavy atom. The Labute approximate surface area is 145 Å². The molecule has 1 unspecified atom stereocenters. The lowest BCUT2D eigenvalue weighted by Gasteiger charge is -2.52. The maximum Gasteiger partial charge on any atom is 0.119 e. The molecule has 2 aliphatic rings. The van der Waals surface area contributed by atoms with Crippen molar-refractivity contribution in [3.63, 3.8) is 0 Å². The monoisotopic (exact) mass is 324 g/mol. The molecule has 24 heavy (non-hydrogen) atoms. The summed E-state index contributed by atoms with van der Waals surface area (Å²) < 4.78 is 11.1. The standard InChI is InChI=1S/C22H28O2/c1-16-17-6-3-11-22(16,12-4-7-19-8-5-13-24-19)21-15-20(23-2)10-9-18(21)14-17/h5,8-10,13,15-17H,3-4,6-7,11-12,14H2,1-2H3/t16-,17?,22+/m0/s1. The molecule has 2 nitrogen and oxygen atoms in total. The second kappa shape index (κ2) is 6.31. The van der Waals surface area contributed by atoms with E-state index >= 15 is 0 Å². The van der Waals surface area contributed by atoms with Crippen molar-refractivity contribution in [2.75, 3.05) is 7.11 Å². The van der Waals surface area contributed by atoms with Gasteiger partial charge in [0.25, 0.3) is 0 Å². The number of hydrogen-bond donors (Lipinski definition) is 0. The van der Waals surface area contributed by atoms with E-state index in [4.69, 9.17) is 9.15 Å². The fourth-order valence-electron chi connectivity index (χ4n) is 5.39. The lowest BCUT2D eigenvalue weighted by Crippen LogP contribution is -2.46.